The quantitative estimate of drug-likeness (QED) is 0.774. The number of aromatic nitrogens is 2. The fraction of sp³-hybridized carbons (Fsp3) is 0.421. The fourth-order valence-corrected chi connectivity index (χ4v) is 5.10. The maximum atomic E-state index is 13.2. The number of nitrogens with zero attached hydrogens (tertiary/aromatic N) is 4. The summed E-state index contributed by atoms with van der Waals surface area (Å²) in [6.45, 7) is 7.77. The summed E-state index contributed by atoms with van der Waals surface area (Å²) in [7, 11) is 0. The summed E-state index contributed by atoms with van der Waals surface area (Å²) >= 11 is 1.67. The van der Waals surface area contributed by atoms with E-state index in [9.17, 15) is 4.79 Å². The monoisotopic (exact) mass is 354 g/mol. The van der Waals surface area contributed by atoms with E-state index in [4.69, 9.17) is 0 Å². The summed E-state index contributed by atoms with van der Waals surface area (Å²) in [5, 5.41) is 3.10. The van der Waals surface area contributed by atoms with Crippen molar-refractivity contribution in [1.82, 2.24) is 19.8 Å². The highest BCUT2D eigenvalue weighted by Gasteiger charge is 2.57. The number of thiazole rings is 1. The van der Waals surface area contributed by atoms with Crippen LogP contribution in [0.5, 0.6) is 0 Å². The van der Waals surface area contributed by atoms with Crippen molar-refractivity contribution in [2.45, 2.75) is 18.9 Å². The van der Waals surface area contributed by atoms with Crippen LogP contribution in [-0.4, -0.2) is 51.9 Å². The van der Waals surface area contributed by atoms with Crippen LogP contribution in [0.15, 0.2) is 48.8 Å². The SMILES string of the molecule is C=CCN1CC[C@]2(CN(Cc3ccncc3)C[C@@H]2c2nccs2)C1=O. The molecule has 0 saturated carbocycles. The zero-order chi connectivity index (χ0) is 17.3. The molecule has 2 aromatic rings. The van der Waals surface area contributed by atoms with Crippen LogP contribution in [0.4, 0.5) is 0 Å². The Kier molecular flexibility index (Phi) is 4.39. The molecule has 0 aromatic carbocycles. The molecule has 4 rings (SSSR count). The number of pyridine rings is 1. The second-order valence-corrected chi connectivity index (χ2v) is 7.82. The number of hydrogen-bond donors (Lipinski definition) is 0. The molecule has 6 heteroatoms. The lowest BCUT2D eigenvalue weighted by Gasteiger charge is -2.27. The summed E-state index contributed by atoms with van der Waals surface area (Å²) in [6.07, 6.45) is 8.22. The van der Waals surface area contributed by atoms with Gasteiger partial charge in [0.1, 0.15) is 0 Å². The van der Waals surface area contributed by atoms with Gasteiger partial charge in [-0.05, 0) is 24.1 Å². The van der Waals surface area contributed by atoms with E-state index in [0.717, 1.165) is 37.6 Å². The molecule has 0 unspecified atom stereocenters. The minimum Gasteiger partial charge on any atom is -0.338 e. The van der Waals surface area contributed by atoms with Gasteiger partial charge in [-0.2, -0.15) is 0 Å². The maximum Gasteiger partial charge on any atom is 0.231 e. The molecule has 0 radical (unpaired) electrons. The molecule has 1 spiro atoms. The number of hydrogen-bond acceptors (Lipinski definition) is 5. The first kappa shape index (κ1) is 16.4. The second-order valence-electron chi connectivity index (χ2n) is 6.89. The standard InChI is InChI=1S/C19H22N4OS/c1-2-9-23-10-5-19(18(23)24)14-22(12-15-3-6-20-7-4-15)13-16(19)17-21-8-11-25-17/h2-4,6-8,11,16H,1,5,9-10,12-14H2/t16-,19-/m1/s1. The lowest BCUT2D eigenvalue weighted by atomic mass is 9.77. The molecule has 2 saturated heterocycles. The van der Waals surface area contributed by atoms with Gasteiger partial charge in [-0.1, -0.05) is 6.08 Å². The Morgan fingerprint density at radius 2 is 2.20 bits per heavy atom. The van der Waals surface area contributed by atoms with E-state index in [1.54, 1.807) is 11.3 Å². The van der Waals surface area contributed by atoms with E-state index in [1.165, 1.54) is 5.56 Å². The highest BCUT2D eigenvalue weighted by molar-refractivity contribution is 7.09. The first-order valence-corrected chi connectivity index (χ1v) is 9.52. The van der Waals surface area contributed by atoms with Gasteiger partial charge in [0.2, 0.25) is 5.91 Å². The average molecular weight is 354 g/mol. The Hall–Kier alpha value is -2.05. The van der Waals surface area contributed by atoms with Crippen molar-refractivity contribution in [1.29, 1.82) is 0 Å². The van der Waals surface area contributed by atoms with Crippen molar-refractivity contribution in [3.63, 3.8) is 0 Å². The van der Waals surface area contributed by atoms with Gasteiger partial charge >= 0.3 is 0 Å². The summed E-state index contributed by atoms with van der Waals surface area (Å²) in [5.41, 5.74) is 0.895. The number of carbonyl (C=O) groups is 1. The van der Waals surface area contributed by atoms with Crippen LogP contribution in [-0.2, 0) is 11.3 Å². The van der Waals surface area contributed by atoms with Gasteiger partial charge in [-0.15, -0.1) is 17.9 Å². The molecule has 2 aliphatic heterocycles. The summed E-state index contributed by atoms with van der Waals surface area (Å²) in [6, 6.07) is 4.09. The number of carbonyl (C=O) groups excluding carboxylic acids is 1. The van der Waals surface area contributed by atoms with Gasteiger partial charge in [-0.3, -0.25) is 14.7 Å². The Labute approximate surface area is 152 Å². The molecular formula is C19H22N4OS. The molecule has 0 N–H and O–H groups in total. The molecule has 25 heavy (non-hydrogen) atoms. The topological polar surface area (TPSA) is 49.3 Å². The molecule has 0 aliphatic carbocycles. The van der Waals surface area contributed by atoms with E-state index in [-0.39, 0.29) is 17.2 Å². The van der Waals surface area contributed by atoms with Gasteiger partial charge in [0.15, 0.2) is 0 Å². The van der Waals surface area contributed by atoms with Crippen LogP contribution >= 0.6 is 11.3 Å². The van der Waals surface area contributed by atoms with Gasteiger partial charge < -0.3 is 4.90 Å². The van der Waals surface area contributed by atoms with E-state index in [1.807, 2.05) is 47.1 Å². The molecule has 0 bridgehead atoms. The smallest absolute Gasteiger partial charge is 0.231 e. The number of likely N-dealkylation sites (tertiary alicyclic amines) is 2. The molecule has 5 nitrogen and oxygen atoms in total. The maximum absolute atomic E-state index is 13.2. The molecule has 2 atom stereocenters. The van der Waals surface area contributed by atoms with Crippen molar-refractivity contribution < 1.29 is 4.79 Å². The van der Waals surface area contributed by atoms with Gasteiger partial charge in [-0.25, -0.2) is 4.98 Å². The van der Waals surface area contributed by atoms with Crippen LogP contribution in [0, 0.1) is 5.41 Å². The third kappa shape index (κ3) is 2.89. The highest BCUT2D eigenvalue weighted by atomic mass is 32.1. The molecule has 130 valence electrons. The molecule has 2 fully saturated rings. The summed E-state index contributed by atoms with van der Waals surface area (Å²) in [4.78, 5) is 26.2. The number of amides is 1. The van der Waals surface area contributed by atoms with E-state index < -0.39 is 0 Å². The van der Waals surface area contributed by atoms with E-state index >= 15 is 0 Å². The lowest BCUT2D eigenvalue weighted by molar-refractivity contribution is -0.135. The molecule has 2 aliphatic rings. The molecule has 1 amide bonds. The Balaban J connectivity index is 1.62. The largest absolute Gasteiger partial charge is 0.338 e. The van der Waals surface area contributed by atoms with Crippen LogP contribution < -0.4 is 0 Å². The molecule has 2 aromatic heterocycles. The lowest BCUT2D eigenvalue weighted by Crippen LogP contribution is -2.39. The van der Waals surface area contributed by atoms with Gasteiger partial charge in [0.05, 0.1) is 10.4 Å². The van der Waals surface area contributed by atoms with E-state index in [2.05, 4.69) is 21.4 Å². The summed E-state index contributed by atoms with van der Waals surface area (Å²) < 4.78 is 0. The van der Waals surface area contributed by atoms with E-state index in [0.29, 0.717) is 6.54 Å². The predicted molar refractivity (Wildman–Crippen MR) is 98.2 cm³/mol. The van der Waals surface area contributed by atoms with Crippen molar-refractivity contribution in [3.05, 3.63) is 59.3 Å². The Morgan fingerprint density at radius 3 is 2.92 bits per heavy atom. The Bertz CT molecular complexity index is 748. The highest BCUT2D eigenvalue weighted by Crippen LogP contribution is 2.50. The Morgan fingerprint density at radius 1 is 1.36 bits per heavy atom. The van der Waals surface area contributed by atoms with Crippen LogP contribution in [0.25, 0.3) is 0 Å². The fourth-order valence-electron chi connectivity index (χ4n) is 4.25. The third-order valence-electron chi connectivity index (χ3n) is 5.41. The molecular weight excluding hydrogens is 332 g/mol. The predicted octanol–water partition coefficient (Wildman–Crippen LogP) is 2.54. The minimum absolute atomic E-state index is 0.177. The van der Waals surface area contributed by atoms with Gasteiger partial charge in [0, 0.05) is 62.6 Å². The zero-order valence-electron chi connectivity index (χ0n) is 14.2. The van der Waals surface area contributed by atoms with Crippen molar-refractivity contribution >= 4 is 17.2 Å². The second kappa shape index (κ2) is 6.69. The van der Waals surface area contributed by atoms with Gasteiger partial charge in [0.25, 0.3) is 0 Å². The van der Waals surface area contributed by atoms with Crippen LogP contribution in [0.2, 0.25) is 0 Å². The van der Waals surface area contributed by atoms with Crippen LogP contribution in [0.3, 0.4) is 0 Å². The van der Waals surface area contributed by atoms with Crippen molar-refractivity contribution in [3.8, 4) is 0 Å². The van der Waals surface area contributed by atoms with Crippen molar-refractivity contribution in [2.24, 2.45) is 5.41 Å². The first-order valence-electron chi connectivity index (χ1n) is 8.64. The van der Waals surface area contributed by atoms with Crippen LogP contribution in [0.1, 0.15) is 22.9 Å². The molecule has 4 heterocycles. The average Bonchev–Trinajstić information content (AvgIpc) is 3.33. The summed E-state index contributed by atoms with van der Waals surface area (Å²) in [5.74, 6) is 0.446. The minimum atomic E-state index is -0.339. The number of rotatable bonds is 5. The zero-order valence-corrected chi connectivity index (χ0v) is 15.0. The third-order valence-corrected chi connectivity index (χ3v) is 6.30. The van der Waals surface area contributed by atoms with Crippen molar-refractivity contribution in [2.75, 3.05) is 26.2 Å². The first-order chi connectivity index (χ1) is 12.2. The normalized spacial score (nSPS) is 26.6.